The fourth-order valence-corrected chi connectivity index (χ4v) is 2.45. The molecule has 7 nitrogen and oxygen atoms in total. The monoisotopic (exact) mass is 358 g/mol. The minimum Gasteiger partial charge on any atom is -0.493 e. The van der Waals surface area contributed by atoms with Crippen LogP contribution in [0.5, 0.6) is 11.5 Å². The molecule has 7 heteroatoms. The van der Waals surface area contributed by atoms with Gasteiger partial charge < -0.3 is 20.1 Å². The van der Waals surface area contributed by atoms with Gasteiger partial charge in [-0.25, -0.2) is 9.97 Å². The van der Waals surface area contributed by atoms with Gasteiger partial charge in [-0.15, -0.1) is 0 Å². The molecule has 0 aliphatic rings. The van der Waals surface area contributed by atoms with Gasteiger partial charge in [0.2, 0.25) is 5.95 Å². The molecule has 0 aliphatic carbocycles. The number of anilines is 1. The lowest BCUT2D eigenvalue weighted by Crippen LogP contribution is -2.31. The summed E-state index contributed by atoms with van der Waals surface area (Å²) in [5.41, 5.74) is 2.20. The molecule has 1 amide bonds. The van der Waals surface area contributed by atoms with Gasteiger partial charge >= 0.3 is 0 Å². The Hall–Kier alpha value is -2.83. The van der Waals surface area contributed by atoms with Gasteiger partial charge in [0.05, 0.1) is 14.2 Å². The van der Waals surface area contributed by atoms with Crippen molar-refractivity contribution in [1.82, 2.24) is 15.3 Å². The number of aromatic nitrogens is 2. The highest BCUT2D eigenvalue weighted by atomic mass is 16.5. The highest BCUT2D eigenvalue weighted by Crippen LogP contribution is 2.27. The van der Waals surface area contributed by atoms with Crippen LogP contribution in [0.2, 0.25) is 0 Å². The summed E-state index contributed by atoms with van der Waals surface area (Å²) in [6, 6.07) is 7.54. The molecule has 1 heterocycles. The zero-order valence-corrected chi connectivity index (χ0v) is 15.9. The molecule has 2 aromatic rings. The van der Waals surface area contributed by atoms with E-state index in [4.69, 9.17) is 9.47 Å². The van der Waals surface area contributed by atoms with Gasteiger partial charge in [-0.3, -0.25) is 4.79 Å². The van der Waals surface area contributed by atoms with E-state index >= 15 is 0 Å². The average molecular weight is 358 g/mol. The van der Waals surface area contributed by atoms with Gasteiger partial charge in [-0.1, -0.05) is 6.07 Å². The van der Waals surface area contributed by atoms with E-state index < -0.39 is 0 Å². The third-order valence-electron chi connectivity index (χ3n) is 3.65. The van der Waals surface area contributed by atoms with Crippen LogP contribution in [0.3, 0.4) is 0 Å². The summed E-state index contributed by atoms with van der Waals surface area (Å²) in [5.74, 6) is 1.64. The first-order valence-electron chi connectivity index (χ1n) is 8.54. The van der Waals surface area contributed by atoms with Crippen molar-refractivity contribution in [3.05, 3.63) is 41.2 Å². The molecule has 0 unspecified atom stereocenters. The lowest BCUT2D eigenvalue weighted by molar-refractivity contribution is 0.0938. The normalized spacial score (nSPS) is 10.5. The lowest BCUT2D eigenvalue weighted by Gasteiger charge is -2.11. The average Bonchev–Trinajstić information content (AvgIpc) is 2.60. The van der Waals surface area contributed by atoms with Gasteiger partial charge in [0.15, 0.2) is 11.5 Å². The molecular weight excluding hydrogens is 332 g/mol. The van der Waals surface area contributed by atoms with Crippen molar-refractivity contribution in [1.29, 1.82) is 0 Å². The Morgan fingerprint density at radius 1 is 1.12 bits per heavy atom. The van der Waals surface area contributed by atoms with Gasteiger partial charge in [-0.2, -0.15) is 0 Å². The largest absolute Gasteiger partial charge is 0.493 e. The van der Waals surface area contributed by atoms with Crippen molar-refractivity contribution in [3.63, 3.8) is 0 Å². The van der Waals surface area contributed by atoms with Crippen molar-refractivity contribution < 1.29 is 14.3 Å². The molecule has 1 aromatic heterocycles. The first-order chi connectivity index (χ1) is 12.4. The number of aryl methyl sites for hydroxylation is 1. The van der Waals surface area contributed by atoms with Crippen LogP contribution in [-0.4, -0.2) is 42.7 Å². The van der Waals surface area contributed by atoms with Gasteiger partial charge in [0.1, 0.15) is 5.69 Å². The van der Waals surface area contributed by atoms with Gasteiger partial charge in [0, 0.05) is 18.3 Å². The van der Waals surface area contributed by atoms with Crippen molar-refractivity contribution in [2.24, 2.45) is 0 Å². The molecule has 0 fully saturated rings. The van der Waals surface area contributed by atoms with Crippen LogP contribution in [0.25, 0.3) is 0 Å². The Labute approximate surface area is 154 Å². The Bertz CT molecular complexity index is 762. The fourth-order valence-electron chi connectivity index (χ4n) is 2.45. The van der Waals surface area contributed by atoms with E-state index in [1.165, 1.54) is 0 Å². The number of methoxy groups -OCH3 is 2. The molecule has 0 bridgehead atoms. The topological polar surface area (TPSA) is 85.4 Å². The summed E-state index contributed by atoms with van der Waals surface area (Å²) >= 11 is 0. The standard InChI is InChI=1S/C19H26N4O3/c1-12(2)21-18(24)15-10-13(3)22-19(23-15)20-9-8-14-6-7-16(25-4)17(11-14)26-5/h6-7,10-12H,8-9H2,1-5H3,(H,21,24)(H,20,22,23). The number of carbonyl (C=O) groups is 1. The van der Waals surface area contributed by atoms with Gasteiger partial charge in [0.25, 0.3) is 5.91 Å². The number of hydrogen-bond donors (Lipinski definition) is 2. The molecule has 1 aromatic carbocycles. The molecule has 140 valence electrons. The molecule has 0 radical (unpaired) electrons. The molecule has 0 saturated heterocycles. The van der Waals surface area contributed by atoms with Crippen LogP contribution in [0.4, 0.5) is 5.95 Å². The van der Waals surface area contributed by atoms with Crippen LogP contribution < -0.4 is 20.1 Å². The van der Waals surface area contributed by atoms with E-state index in [-0.39, 0.29) is 11.9 Å². The molecule has 0 spiro atoms. The second kappa shape index (κ2) is 9.03. The zero-order valence-electron chi connectivity index (χ0n) is 15.9. The summed E-state index contributed by atoms with van der Waals surface area (Å²) in [5, 5.41) is 6.01. The Balaban J connectivity index is 2.01. The number of benzene rings is 1. The zero-order chi connectivity index (χ0) is 19.1. The van der Waals surface area contributed by atoms with Crippen LogP contribution in [0.15, 0.2) is 24.3 Å². The smallest absolute Gasteiger partial charge is 0.270 e. The number of carbonyl (C=O) groups excluding carboxylic acids is 1. The van der Waals surface area contributed by atoms with Gasteiger partial charge in [-0.05, 0) is 51.0 Å². The number of amides is 1. The quantitative estimate of drug-likeness (QED) is 0.754. The maximum Gasteiger partial charge on any atom is 0.270 e. The third-order valence-corrected chi connectivity index (χ3v) is 3.65. The third kappa shape index (κ3) is 5.34. The molecule has 2 rings (SSSR count). The van der Waals surface area contributed by atoms with E-state index in [2.05, 4.69) is 20.6 Å². The van der Waals surface area contributed by atoms with E-state index in [9.17, 15) is 4.79 Å². The molecular formula is C19H26N4O3. The molecule has 2 N–H and O–H groups in total. The number of nitrogens with zero attached hydrogens (tertiary/aromatic N) is 2. The number of ether oxygens (including phenoxy) is 2. The second-order valence-corrected chi connectivity index (χ2v) is 6.21. The minimum atomic E-state index is -0.201. The molecule has 0 atom stereocenters. The number of nitrogens with one attached hydrogen (secondary N) is 2. The maximum absolute atomic E-state index is 12.1. The number of rotatable bonds is 8. The highest BCUT2D eigenvalue weighted by molar-refractivity contribution is 5.92. The second-order valence-electron chi connectivity index (χ2n) is 6.21. The Kier molecular flexibility index (Phi) is 6.77. The fraction of sp³-hybridized carbons (Fsp3) is 0.421. The summed E-state index contributed by atoms with van der Waals surface area (Å²) in [7, 11) is 3.23. The van der Waals surface area contributed by atoms with Crippen LogP contribution in [0, 0.1) is 6.92 Å². The number of hydrogen-bond acceptors (Lipinski definition) is 6. The predicted molar refractivity (Wildman–Crippen MR) is 101 cm³/mol. The van der Waals surface area contributed by atoms with Crippen molar-refractivity contribution in [3.8, 4) is 11.5 Å². The SMILES string of the molecule is COc1ccc(CCNc2nc(C)cc(C(=O)NC(C)C)n2)cc1OC. The maximum atomic E-state index is 12.1. The summed E-state index contributed by atoms with van der Waals surface area (Å²) in [6.45, 7) is 6.29. The molecule has 0 aliphatic heterocycles. The minimum absolute atomic E-state index is 0.0548. The molecule has 0 saturated carbocycles. The highest BCUT2D eigenvalue weighted by Gasteiger charge is 2.11. The van der Waals surface area contributed by atoms with Crippen LogP contribution in [0.1, 0.15) is 35.6 Å². The lowest BCUT2D eigenvalue weighted by atomic mass is 10.1. The van der Waals surface area contributed by atoms with E-state index in [1.807, 2.05) is 39.0 Å². The van der Waals surface area contributed by atoms with Crippen LogP contribution >= 0.6 is 0 Å². The summed E-state index contributed by atoms with van der Waals surface area (Å²) < 4.78 is 10.6. The first kappa shape index (κ1) is 19.5. The molecule has 26 heavy (non-hydrogen) atoms. The van der Waals surface area contributed by atoms with Crippen molar-refractivity contribution in [2.45, 2.75) is 33.2 Å². The van der Waals surface area contributed by atoms with E-state index in [1.54, 1.807) is 20.3 Å². The summed E-state index contributed by atoms with van der Waals surface area (Å²) in [4.78, 5) is 20.8. The Morgan fingerprint density at radius 3 is 2.50 bits per heavy atom. The van der Waals surface area contributed by atoms with E-state index in [0.717, 1.165) is 17.7 Å². The van der Waals surface area contributed by atoms with Crippen molar-refractivity contribution >= 4 is 11.9 Å². The van der Waals surface area contributed by atoms with Crippen LogP contribution in [-0.2, 0) is 6.42 Å². The van der Waals surface area contributed by atoms with E-state index in [0.29, 0.717) is 29.7 Å². The first-order valence-corrected chi connectivity index (χ1v) is 8.54. The predicted octanol–water partition coefficient (Wildman–Crippen LogP) is 2.60. The summed E-state index contributed by atoms with van der Waals surface area (Å²) in [6.07, 6.45) is 0.755. The van der Waals surface area contributed by atoms with Crippen molar-refractivity contribution in [2.75, 3.05) is 26.1 Å². The Morgan fingerprint density at radius 2 is 1.85 bits per heavy atom.